The second-order valence-electron chi connectivity index (χ2n) is 14.4. The summed E-state index contributed by atoms with van der Waals surface area (Å²) in [5.74, 6) is -0.324. The number of nitrogens with zero attached hydrogens (tertiary/aromatic N) is 1. The van der Waals surface area contributed by atoms with E-state index in [9.17, 15) is 14.4 Å². The molecule has 2 aromatic rings. The Morgan fingerprint density at radius 3 is 2.42 bits per heavy atom. The fourth-order valence-corrected chi connectivity index (χ4v) is 7.55. The lowest BCUT2D eigenvalue weighted by molar-refractivity contribution is -0.199. The number of hydrogen-bond acceptors (Lipinski definition) is 6. The molecular weight excluding hydrogens is 567 g/mol. The Kier molecular flexibility index (Phi) is 10.0. The second-order valence-corrected chi connectivity index (χ2v) is 14.4. The summed E-state index contributed by atoms with van der Waals surface area (Å²) in [5, 5.41) is 8.83. The van der Waals surface area contributed by atoms with E-state index in [-0.39, 0.29) is 35.8 Å². The van der Waals surface area contributed by atoms with Gasteiger partial charge in [0.05, 0.1) is 23.2 Å². The summed E-state index contributed by atoms with van der Waals surface area (Å²) in [5.41, 5.74) is 1.78. The zero-order valence-corrected chi connectivity index (χ0v) is 27.6. The maximum atomic E-state index is 13.9. The summed E-state index contributed by atoms with van der Waals surface area (Å²) in [6.07, 6.45) is 8.89. The van der Waals surface area contributed by atoms with Gasteiger partial charge in [-0.25, -0.2) is 0 Å². The molecule has 1 aromatic carbocycles. The number of nitrogens with one attached hydrogen (secondary N) is 3. The van der Waals surface area contributed by atoms with E-state index >= 15 is 0 Å². The third-order valence-corrected chi connectivity index (χ3v) is 10.4. The molecule has 0 unspecified atom stereocenters. The van der Waals surface area contributed by atoms with Crippen LogP contribution in [0.4, 0.5) is 0 Å². The molecule has 0 radical (unpaired) electrons. The van der Waals surface area contributed by atoms with Crippen LogP contribution >= 0.6 is 0 Å². The highest BCUT2D eigenvalue weighted by Crippen LogP contribution is 2.65. The number of amides is 3. The average molecular weight is 617 g/mol. The van der Waals surface area contributed by atoms with E-state index in [1.807, 2.05) is 12.1 Å². The van der Waals surface area contributed by atoms with Crippen LogP contribution in [0.5, 0.6) is 0 Å². The van der Waals surface area contributed by atoms with Gasteiger partial charge in [0.25, 0.3) is 11.8 Å². The monoisotopic (exact) mass is 616 g/mol. The minimum absolute atomic E-state index is 0.0135. The van der Waals surface area contributed by atoms with Gasteiger partial charge in [-0.15, -0.1) is 0 Å². The highest BCUT2D eigenvalue weighted by atomic mass is 16.7. The molecular formula is C35H49BN4O5. The Labute approximate surface area is 268 Å². The van der Waals surface area contributed by atoms with Crippen molar-refractivity contribution in [3.8, 4) is 0 Å². The quantitative estimate of drug-likeness (QED) is 0.280. The molecule has 1 saturated heterocycles. The molecule has 6 atom stereocenters. The van der Waals surface area contributed by atoms with Crippen LogP contribution in [0.2, 0.25) is 0 Å². The van der Waals surface area contributed by atoms with Crippen molar-refractivity contribution in [2.75, 3.05) is 6.54 Å². The molecule has 2 heterocycles. The molecule has 1 aliphatic heterocycles. The molecule has 4 fully saturated rings. The first kappa shape index (κ1) is 33.1. The highest BCUT2D eigenvalue weighted by molar-refractivity contribution is 6.48. The van der Waals surface area contributed by atoms with Crippen molar-refractivity contribution in [1.82, 2.24) is 20.9 Å². The standard InChI is InChI=1S/C35H49BN4O5/c1-7-8-10-23-12-14-24(15-13-23)32(42)39-27(21-38-31(41)25-11-9-16-37-20-25)33(43)40-30(17-22(2)3)36-44-29-19-26-18-28(34(26,4)5)35(29,6)45-36/h9,11-16,20,22,26-30H,7-8,10,17-19,21H2,1-6H3,(H,38,41)(H,39,42)(H,40,43)/t26-,27-,28-,29+,30-,35-/m0/s1. The fourth-order valence-electron chi connectivity index (χ4n) is 7.55. The molecule has 6 rings (SSSR count). The maximum absolute atomic E-state index is 13.9. The Balaban J connectivity index is 1.31. The Morgan fingerprint density at radius 1 is 1.02 bits per heavy atom. The van der Waals surface area contributed by atoms with Crippen molar-refractivity contribution in [2.24, 2.45) is 23.2 Å². The number of rotatable bonds is 13. The van der Waals surface area contributed by atoms with E-state index in [1.54, 1.807) is 30.5 Å². The third kappa shape index (κ3) is 7.12. The molecule has 0 spiro atoms. The highest BCUT2D eigenvalue weighted by Gasteiger charge is 2.68. The maximum Gasteiger partial charge on any atom is 0.481 e. The van der Waals surface area contributed by atoms with Crippen LogP contribution in [-0.4, -0.2) is 60.1 Å². The van der Waals surface area contributed by atoms with Gasteiger partial charge in [-0.05, 0) is 92.0 Å². The zero-order valence-electron chi connectivity index (χ0n) is 27.6. The van der Waals surface area contributed by atoms with Gasteiger partial charge in [0.2, 0.25) is 5.91 Å². The predicted octanol–water partition coefficient (Wildman–Crippen LogP) is 4.75. The lowest BCUT2D eigenvalue weighted by Gasteiger charge is -2.64. The van der Waals surface area contributed by atoms with Crippen LogP contribution in [0.15, 0.2) is 48.8 Å². The van der Waals surface area contributed by atoms with E-state index in [1.165, 1.54) is 6.20 Å². The number of pyridine rings is 1. The smallest absolute Gasteiger partial charge is 0.404 e. The van der Waals surface area contributed by atoms with Gasteiger partial charge in [-0.2, -0.15) is 0 Å². The minimum atomic E-state index is -1.03. The zero-order chi connectivity index (χ0) is 32.4. The molecule has 2 bridgehead atoms. The average Bonchev–Trinajstić information content (AvgIpc) is 3.39. The molecule has 3 aliphatic carbocycles. The second kappa shape index (κ2) is 13.6. The van der Waals surface area contributed by atoms with E-state index in [0.29, 0.717) is 29.4 Å². The van der Waals surface area contributed by atoms with Crippen molar-refractivity contribution in [1.29, 1.82) is 0 Å². The van der Waals surface area contributed by atoms with Gasteiger partial charge < -0.3 is 25.3 Å². The van der Waals surface area contributed by atoms with E-state index in [2.05, 4.69) is 62.5 Å². The van der Waals surface area contributed by atoms with Gasteiger partial charge in [0, 0.05) is 24.5 Å². The van der Waals surface area contributed by atoms with Crippen LogP contribution in [0.3, 0.4) is 0 Å². The van der Waals surface area contributed by atoms with Gasteiger partial charge >= 0.3 is 7.12 Å². The first-order valence-corrected chi connectivity index (χ1v) is 16.6. The van der Waals surface area contributed by atoms with Gasteiger partial charge in [-0.3, -0.25) is 19.4 Å². The molecule has 3 amide bonds. The van der Waals surface area contributed by atoms with Gasteiger partial charge in [0.1, 0.15) is 6.04 Å². The largest absolute Gasteiger partial charge is 0.481 e. The van der Waals surface area contributed by atoms with Crippen molar-refractivity contribution in [3.63, 3.8) is 0 Å². The molecule has 1 aromatic heterocycles. The van der Waals surface area contributed by atoms with Crippen LogP contribution in [0, 0.1) is 23.2 Å². The van der Waals surface area contributed by atoms with E-state index in [4.69, 9.17) is 9.31 Å². The van der Waals surface area contributed by atoms with E-state index < -0.39 is 30.6 Å². The summed E-state index contributed by atoms with van der Waals surface area (Å²) in [7, 11) is -0.599. The molecule has 10 heteroatoms. The number of benzene rings is 1. The number of carbonyl (C=O) groups is 3. The molecule has 3 saturated carbocycles. The number of carbonyl (C=O) groups excluding carboxylic acids is 3. The number of unbranched alkanes of at least 4 members (excludes halogenated alkanes) is 1. The summed E-state index contributed by atoms with van der Waals surface area (Å²) in [6, 6.07) is 9.74. The summed E-state index contributed by atoms with van der Waals surface area (Å²) < 4.78 is 13.3. The normalized spacial score (nSPS) is 25.9. The van der Waals surface area contributed by atoms with Crippen molar-refractivity contribution >= 4 is 24.8 Å². The molecule has 242 valence electrons. The van der Waals surface area contributed by atoms with E-state index in [0.717, 1.165) is 37.7 Å². The lowest BCUT2D eigenvalue weighted by Crippen LogP contribution is -2.65. The van der Waals surface area contributed by atoms with Crippen molar-refractivity contribution < 1.29 is 23.7 Å². The Bertz CT molecular complexity index is 1350. The summed E-state index contributed by atoms with van der Waals surface area (Å²) in [4.78, 5) is 44.2. The van der Waals surface area contributed by atoms with Crippen LogP contribution < -0.4 is 16.0 Å². The Hall–Kier alpha value is -3.24. The predicted molar refractivity (Wildman–Crippen MR) is 174 cm³/mol. The third-order valence-electron chi connectivity index (χ3n) is 10.4. The van der Waals surface area contributed by atoms with Crippen LogP contribution in [-0.2, 0) is 20.5 Å². The SMILES string of the molecule is CCCCc1ccc(C(=O)N[C@@H](CNC(=O)c2cccnc2)C(=O)N[C@@H](CC(C)C)B2O[C@@H]3C[C@@H]4C[C@@H](C4(C)C)[C@]3(C)O2)cc1. The number of aryl methyl sites for hydroxylation is 1. The van der Waals surface area contributed by atoms with Gasteiger partial charge in [-0.1, -0.05) is 53.2 Å². The first-order chi connectivity index (χ1) is 21.4. The first-order valence-electron chi connectivity index (χ1n) is 16.6. The molecule has 3 N–H and O–H groups in total. The van der Waals surface area contributed by atoms with Crippen LogP contribution in [0.25, 0.3) is 0 Å². The van der Waals surface area contributed by atoms with Crippen LogP contribution in [0.1, 0.15) is 99.9 Å². The van der Waals surface area contributed by atoms with Crippen molar-refractivity contribution in [2.45, 2.75) is 104 Å². The number of hydrogen-bond donors (Lipinski definition) is 3. The topological polar surface area (TPSA) is 119 Å². The molecule has 45 heavy (non-hydrogen) atoms. The Morgan fingerprint density at radius 2 is 1.78 bits per heavy atom. The lowest BCUT2D eigenvalue weighted by atomic mass is 9.43. The minimum Gasteiger partial charge on any atom is -0.404 e. The fraction of sp³-hybridized carbons (Fsp3) is 0.600. The summed E-state index contributed by atoms with van der Waals surface area (Å²) >= 11 is 0. The molecule has 9 nitrogen and oxygen atoms in total. The summed E-state index contributed by atoms with van der Waals surface area (Å²) in [6.45, 7) is 13.1. The molecule has 4 aliphatic rings. The van der Waals surface area contributed by atoms with Crippen molar-refractivity contribution in [3.05, 3.63) is 65.5 Å². The van der Waals surface area contributed by atoms with Gasteiger partial charge in [0.15, 0.2) is 0 Å². The number of aromatic nitrogens is 1.